The van der Waals surface area contributed by atoms with Crippen LogP contribution in [0.1, 0.15) is 37.5 Å². The molecule has 0 atom stereocenters. The fourth-order valence-electron chi connectivity index (χ4n) is 2.07. The first-order valence-corrected chi connectivity index (χ1v) is 5.15. The predicted molar refractivity (Wildman–Crippen MR) is 61.7 cm³/mol. The third-order valence-electron chi connectivity index (χ3n) is 2.78. The molecule has 1 aliphatic heterocycles. The van der Waals surface area contributed by atoms with Crippen molar-refractivity contribution in [3.63, 3.8) is 0 Å². The second kappa shape index (κ2) is 2.94. The van der Waals surface area contributed by atoms with Crippen molar-refractivity contribution in [1.29, 1.82) is 0 Å². The average Bonchev–Trinajstić information content (AvgIpc) is 2.47. The lowest BCUT2D eigenvalue weighted by molar-refractivity contribution is 0.585. The van der Waals surface area contributed by atoms with Gasteiger partial charge < -0.3 is 0 Å². The minimum Gasteiger partial charge on any atom is -0.261 e. The molecular weight excluding hydrogens is 170 g/mol. The van der Waals surface area contributed by atoms with E-state index < -0.39 is 0 Å². The first kappa shape index (κ1) is 9.45. The summed E-state index contributed by atoms with van der Waals surface area (Å²) in [5, 5.41) is 0. The molecule has 0 saturated carbocycles. The minimum absolute atomic E-state index is 0.238. The molecule has 0 unspecified atom stereocenters. The van der Waals surface area contributed by atoms with Gasteiger partial charge >= 0.3 is 0 Å². The topological polar surface area (TPSA) is 12.4 Å². The quantitative estimate of drug-likeness (QED) is 0.589. The second-order valence-electron chi connectivity index (χ2n) is 5.06. The Kier molecular flexibility index (Phi) is 1.99. The molecule has 1 heteroatoms. The molecule has 0 fully saturated rings. The van der Waals surface area contributed by atoms with Crippen LogP contribution in [0.15, 0.2) is 17.1 Å². The normalized spacial score (nSPS) is 14.6. The third-order valence-corrected chi connectivity index (χ3v) is 2.78. The highest BCUT2D eigenvalue weighted by atomic mass is 14.7. The van der Waals surface area contributed by atoms with Gasteiger partial charge in [0, 0.05) is 12.6 Å². The van der Waals surface area contributed by atoms with Gasteiger partial charge in [0.15, 0.2) is 0 Å². The Balaban J connectivity index is 2.56. The molecule has 0 bridgehead atoms. The number of aliphatic imine (C=N–C) groups is 1. The average molecular weight is 187 g/mol. The van der Waals surface area contributed by atoms with E-state index in [-0.39, 0.29) is 5.41 Å². The molecule has 0 aromatic heterocycles. The van der Waals surface area contributed by atoms with Crippen molar-refractivity contribution >= 4 is 11.9 Å². The summed E-state index contributed by atoms with van der Waals surface area (Å²) in [6, 6.07) is 4.52. The molecule has 2 rings (SSSR count). The lowest BCUT2D eigenvalue weighted by Gasteiger charge is -2.22. The van der Waals surface area contributed by atoms with Gasteiger partial charge in [0.25, 0.3) is 0 Å². The molecule has 1 heterocycles. The van der Waals surface area contributed by atoms with Gasteiger partial charge in [0.1, 0.15) is 0 Å². The van der Waals surface area contributed by atoms with Gasteiger partial charge in [-0.15, -0.1) is 0 Å². The molecule has 1 aromatic rings. The zero-order chi connectivity index (χ0) is 10.3. The Hall–Kier alpha value is -1.11. The molecule has 0 amide bonds. The van der Waals surface area contributed by atoms with Crippen LogP contribution in [-0.4, -0.2) is 6.21 Å². The number of fused-ring (bicyclic) bond motifs is 1. The third kappa shape index (κ3) is 1.47. The maximum absolute atomic E-state index is 4.36. The maximum Gasteiger partial charge on any atom is 0.0664 e. The van der Waals surface area contributed by atoms with Gasteiger partial charge in [-0.05, 0) is 35.1 Å². The molecule has 1 aliphatic rings. The standard InChI is InChI=1S/C13H17N/c1-9-7-12-10(5-6-14-12)8-11(9)13(2,3)4/h6-8H,5H2,1-4H3. The monoisotopic (exact) mass is 187 g/mol. The first-order chi connectivity index (χ1) is 6.48. The van der Waals surface area contributed by atoms with Crippen LogP contribution in [0.2, 0.25) is 0 Å². The maximum atomic E-state index is 4.36. The lowest BCUT2D eigenvalue weighted by atomic mass is 9.83. The fraction of sp³-hybridized carbons (Fsp3) is 0.462. The minimum atomic E-state index is 0.238. The van der Waals surface area contributed by atoms with Crippen LogP contribution in [0.4, 0.5) is 5.69 Å². The van der Waals surface area contributed by atoms with Crippen molar-refractivity contribution in [2.45, 2.75) is 39.5 Å². The van der Waals surface area contributed by atoms with Crippen molar-refractivity contribution in [1.82, 2.24) is 0 Å². The summed E-state index contributed by atoms with van der Waals surface area (Å²) in [6.07, 6.45) is 3.00. The van der Waals surface area contributed by atoms with Crippen LogP contribution in [0.5, 0.6) is 0 Å². The second-order valence-corrected chi connectivity index (χ2v) is 5.06. The van der Waals surface area contributed by atoms with Gasteiger partial charge in [-0.25, -0.2) is 0 Å². The molecule has 74 valence electrons. The largest absolute Gasteiger partial charge is 0.261 e. The van der Waals surface area contributed by atoms with Crippen molar-refractivity contribution in [3.05, 3.63) is 28.8 Å². The molecule has 0 radical (unpaired) electrons. The summed E-state index contributed by atoms with van der Waals surface area (Å²) in [4.78, 5) is 4.36. The summed E-state index contributed by atoms with van der Waals surface area (Å²) >= 11 is 0. The van der Waals surface area contributed by atoms with Gasteiger partial charge in [-0.2, -0.15) is 0 Å². The van der Waals surface area contributed by atoms with Crippen LogP contribution in [0.25, 0.3) is 0 Å². The fourth-order valence-corrected chi connectivity index (χ4v) is 2.07. The van der Waals surface area contributed by atoms with Gasteiger partial charge in [-0.1, -0.05) is 26.8 Å². The molecule has 14 heavy (non-hydrogen) atoms. The molecule has 0 saturated heterocycles. The number of hydrogen-bond acceptors (Lipinski definition) is 1. The number of nitrogens with zero attached hydrogens (tertiary/aromatic N) is 1. The van der Waals surface area contributed by atoms with Gasteiger partial charge in [-0.3, -0.25) is 4.99 Å². The SMILES string of the molecule is Cc1cc2c(cc1C(C)(C)C)CC=N2. The van der Waals surface area contributed by atoms with E-state index in [0.29, 0.717) is 0 Å². The Morgan fingerprint density at radius 1 is 1.21 bits per heavy atom. The Bertz CT molecular complexity index is 394. The molecule has 0 spiro atoms. The lowest BCUT2D eigenvalue weighted by Crippen LogP contribution is -2.13. The van der Waals surface area contributed by atoms with E-state index in [9.17, 15) is 0 Å². The van der Waals surface area contributed by atoms with Crippen LogP contribution in [0.3, 0.4) is 0 Å². The van der Waals surface area contributed by atoms with Crippen molar-refractivity contribution in [2.75, 3.05) is 0 Å². The summed E-state index contributed by atoms with van der Waals surface area (Å²) in [7, 11) is 0. The highest BCUT2D eigenvalue weighted by Gasteiger charge is 2.19. The highest BCUT2D eigenvalue weighted by molar-refractivity contribution is 5.76. The van der Waals surface area contributed by atoms with Crippen molar-refractivity contribution in [2.24, 2.45) is 4.99 Å². The van der Waals surface area contributed by atoms with E-state index in [1.807, 2.05) is 6.21 Å². The highest BCUT2D eigenvalue weighted by Crippen LogP contribution is 2.33. The number of rotatable bonds is 0. The van der Waals surface area contributed by atoms with Crippen molar-refractivity contribution < 1.29 is 0 Å². The van der Waals surface area contributed by atoms with E-state index in [2.05, 4.69) is 44.8 Å². The van der Waals surface area contributed by atoms with E-state index in [4.69, 9.17) is 0 Å². The van der Waals surface area contributed by atoms with Crippen molar-refractivity contribution in [3.8, 4) is 0 Å². The van der Waals surface area contributed by atoms with E-state index in [1.165, 1.54) is 16.7 Å². The number of aryl methyl sites for hydroxylation is 1. The van der Waals surface area contributed by atoms with Crippen LogP contribution >= 0.6 is 0 Å². The zero-order valence-corrected chi connectivity index (χ0v) is 9.39. The molecular formula is C13H17N. The van der Waals surface area contributed by atoms with Crippen LogP contribution < -0.4 is 0 Å². The smallest absolute Gasteiger partial charge is 0.0664 e. The summed E-state index contributed by atoms with van der Waals surface area (Å²) in [5.74, 6) is 0. The zero-order valence-electron chi connectivity index (χ0n) is 9.39. The van der Waals surface area contributed by atoms with Gasteiger partial charge in [0.2, 0.25) is 0 Å². The van der Waals surface area contributed by atoms with E-state index >= 15 is 0 Å². The summed E-state index contributed by atoms with van der Waals surface area (Å²) < 4.78 is 0. The Labute approximate surface area is 85.9 Å². The van der Waals surface area contributed by atoms with Gasteiger partial charge in [0.05, 0.1) is 5.69 Å². The van der Waals surface area contributed by atoms with E-state index in [1.54, 1.807) is 0 Å². The van der Waals surface area contributed by atoms with Crippen LogP contribution in [0, 0.1) is 6.92 Å². The predicted octanol–water partition coefficient (Wildman–Crippen LogP) is 3.55. The summed E-state index contributed by atoms with van der Waals surface area (Å²) in [6.45, 7) is 8.96. The molecule has 1 aromatic carbocycles. The van der Waals surface area contributed by atoms with E-state index in [0.717, 1.165) is 12.1 Å². The number of benzene rings is 1. The molecule has 0 N–H and O–H groups in total. The number of hydrogen-bond donors (Lipinski definition) is 0. The Morgan fingerprint density at radius 3 is 2.57 bits per heavy atom. The molecule has 1 nitrogen and oxygen atoms in total. The first-order valence-electron chi connectivity index (χ1n) is 5.15. The Morgan fingerprint density at radius 2 is 1.93 bits per heavy atom. The molecule has 0 aliphatic carbocycles. The van der Waals surface area contributed by atoms with Crippen LogP contribution in [-0.2, 0) is 11.8 Å². The summed E-state index contributed by atoms with van der Waals surface area (Å²) in [5.41, 5.74) is 5.58.